The number of anilines is 2. The highest BCUT2D eigenvalue weighted by Gasteiger charge is 2.73. The number of nitrogen functional groups attached to an aromatic ring is 2. The summed E-state index contributed by atoms with van der Waals surface area (Å²) in [6.45, 7) is 0. The molecular weight excluding hydrogens is 542 g/mol. The van der Waals surface area contributed by atoms with Crippen LogP contribution in [0, 0.1) is 0 Å². The zero-order valence-electron chi connectivity index (χ0n) is 16.7. The van der Waals surface area contributed by atoms with E-state index in [1.165, 1.54) is 0 Å². The summed E-state index contributed by atoms with van der Waals surface area (Å²) in [6, 6.07) is -2.79. The molecule has 0 aliphatic carbocycles. The molecule has 0 saturated heterocycles. The van der Waals surface area contributed by atoms with Crippen LogP contribution < -0.4 is 11.5 Å². The molecule has 18 heteroatoms. The fourth-order valence-corrected chi connectivity index (χ4v) is 3.34. The van der Waals surface area contributed by atoms with Crippen molar-refractivity contribution in [2.75, 3.05) is 11.5 Å². The number of phenols is 2. The van der Waals surface area contributed by atoms with E-state index in [2.05, 4.69) is 0 Å². The van der Waals surface area contributed by atoms with Crippen molar-refractivity contribution in [3.8, 4) is 11.5 Å². The quantitative estimate of drug-likeness (QED) is 0.203. The molecule has 0 aliphatic heterocycles. The summed E-state index contributed by atoms with van der Waals surface area (Å²) < 4.78 is 191. The Labute approximate surface area is 189 Å². The van der Waals surface area contributed by atoms with Crippen LogP contribution in [0.1, 0.15) is 22.3 Å². The molecule has 0 aromatic heterocycles. The van der Waals surface area contributed by atoms with Crippen molar-refractivity contribution in [1.29, 1.82) is 0 Å². The lowest BCUT2D eigenvalue weighted by Gasteiger charge is -2.39. The van der Waals surface area contributed by atoms with Crippen molar-refractivity contribution in [1.82, 2.24) is 0 Å². The first-order chi connectivity index (χ1) is 15.8. The van der Waals surface area contributed by atoms with Crippen LogP contribution in [-0.2, 0) is 17.5 Å². The van der Waals surface area contributed by atoms with Gasteiger partial charge in [-0.1, -0.05) is 0 Å². The Morgan fingerprint density at radius 2 is 0.833 bits per heavy atom. The van der Waals surface area contributed by atoms with E-state index < -0.39 is 105 Å². The Morgan fingerprint density at radius 3 is 1.14 bits per heavy atom. The van der Waals surface area contributed by atoms with E-state index >= 15 is 0 Å². The van der Waals surface area contributed by atoms with Crippen LogP contribution in [0.3, 0.4) is 0 Å². The Balaban J connectivity index is 3.22. The van der Waals surface area contributed by atoms with Crippen molar-refractivity contribution < 1.29 is 71.7 Å². The number of alkyl halides is 14. The van der Waals surface area contributed by atoms with Gasteiger partial charge in [0, 0.05) is 0 Å². The lowest BCUT2D eigenvalue weighted by molar-refractivity contribution is -0.291. The molecule has 0 radical (unpaired) electrons. The molecule has 0 bridgehead atoms. The van der Waals surface area contributed by atoms with Gasteiger partial charge >= 0.3 is 30.6 Å². The minimum absolute atomic E-state index is 0.420. The number of hydrogen-bond acceptors (Lipinski definition) is 4. The number of nitrogens with two attached hydrogens (primary N) is 2. The molecule has 0 amide bonds. The van der Waals surface area contributed by atoms with Gasteiger partial charge in [0.1, 0.15) is 5.75 Å². The zero-order chi connectivity index (χ0) is 28.4. The average molecular weight is 552 g/mol. The Hall–Kier alpha value is -3.34. The number of rotatable bonds is 3. The molecule has 0 heterocycles. The van der Waals surface area contributed by atoms with E-state index in [1.54, 1.807) is 0 Å². The van der Waals surface area contributed by atoms with Gasteiger partial charge < -0.3 is 21.7 Å². The SMILES string of the molecule is Nc1cc(C(c2cc(N)c(O)c(C(F)(F)C(F)(F)F)c2)(C(F)(F)F)C(F)(F)F)cc(C(F)(F)F)c1O. The highest BCUT2D eigenvalue weighted by Crippen LogP contribution is 2.59. The number of phenolic OH excluding ortho intramolecular Hbond substituents is 2. The highest BCUT2D eigenvalue weighted by molar-refractivity contribution is 5.66. The van der Waals surface area contributed by atoms with Crippen LogP contribution >= 0.6 is 0 Å². The summed E-state index contributed by atoms with van der Waals surface area (Å²) in [6.07, 6.45) is -26.1. The third kappa shape index (κ3) is 4.25. The van der Waals surface area contributed by atoms with Gasteiger partial charge in [-0.05, 0) is 35.4 Å². The van der Waals surface area contributed by atoms with Crippen LogP contribution in [0.5, 0.6) is 11.5 Å². The number of benzene rings is 2. The van der Waals surface area contributed by atoms with Crippen molar-refractivity contribution in [3.63, 3.8) is 0 Å². The standard InChI is InChI=1S/C18H10F14N2O2/c19-14(20,18(30,31)32)7-1-5(3-9(33)11(7)35)13(16(24,25)26,17(27,28)29)6-2-8(15(21,22)23)12(36)10(34)4-6/h1-4,35-36H,33-34H2. The summed E-state index contributed by atoms with van der Waals surface area (Å²) >= 11 is 0. The molecule has 0 spiro atoms. The third-order valence-electron chi connectivity index (χ3n) is 4.99. The fourth-order valence-electron chi connectivity index (χ4n) is 3.34. The van der Waals surface area contributed by atoms with Crippen molar-refractivity contribution in [2.24, 2.45) is 0 Å². The lowest BCUT2D eigenvalue weighted by atomic mass is 9.71. The van der Waals surface area contributed by atoms with Gasteiger partial charge in [0.15, 0.2) is 5.75 Å². The fraction of sp³-hybridized carbons (Fsp3) is 0.333. The summed E-state index contributed by atoms with van der Waals surface area (Å²) in [7, 11) is 0. The van der Waals surface area contributed by atoms with Gasteiger partial charge in [0.25, 0.3) is 0 Å². The van der Waals surface area contributed by atoms with Crippen LogP contribution in [0.25, 0.3) is 0 Å². The molecule has 0 atom stereocenters. The number of aromatic hydroxyl groups is 2. The molecule has 2 rings (SSSR count). The van der Waals surface area contributed by atoms with Gasteiger partial charge in [-0.15, -0.1) is 0 Å². The maximum absolute atomic E-state index is 14.2. The van der Waals surface area contributed by atoms with Crippen LogP contribution in [0.2, 0.25) is 0 Å². The molecule has 0 aliphatic rings. The minimum Gasteiger partial charge on any atom is -0.505 e. The van der Waals surface area contributed by atoms with Gasteiger partial charge in [-0.3, -0.25) is 0 Å². The molecule has 2 aromatic rings. The first kappa shape index (κ1) is 28.9. The second-order valence-corrected chi connectivity index (χ2v) is 7.24. The highest BCUT2D eigenvalue weighted by atomic mass is 19.4. The monoisotopic (exact) mass is 552 g/mol. The molecule has 36 heavy (non-hydrogen) atoms. The second kappa shape index (κ2) is 8.09. The van der Waals surface area contributed by atoms with Crippen LogP contribution in [-0.4, -0.2) is 28.7 Å². The van der Waals surface area contributed by atoms with Gasteiger partial charge in [-0.25, -0.2) is 0 Å². The molecule has 0 saturated carbocycles. The molecule has 0 fully saturated rings. The lowest BCUT2D eigenvalue weighted by Crippen LogP contribution is -2.55. The predicted octanol–water partition coefficient (Wildman–Crippen LogP) is 6.35. The number of halogens is 14. The summed E-state index contributed by atoms with van der Waals surface area (Å²) in [5.74, 6) is -10.5. The maximum atomic E-state index is 14.2. The predicted molar refractivity (Wildman–Crippen MR) is 92.9 cm³/mol. The molecule has 4 nitrogen and oxygen atoms in total. The van der Waals surface area contributed by atoms with Crippen molar-refractivity contribution >= 4 is 11.4 Å². The Morgan fingerprint density at radius 1 is 0.500 bits per heavy atom. The largest absolute Gasteiger partial charge is 0.505 e. The Kier molecular flexibility index (Phi) is 6.49. The van der Waals surface area contributed by atoms with Crippen molar-refractivity contribution in [3.05, 3.63) is 46.5 Å². The van der Waals surface area contributed by atoms with Crippen LogP contribution in [0.15, 0.2) is 24.3 Å². The maximum Gasteiger partial charge on any atom is 0.458 e. The van der Waals surface area contributed by atoms with E-state index in [1.807, 2.05) is 0 Å². The molecule has 0 unspecified atom stereocenters. The first-order valence-corrected chi connectivity index (χ1v) is 8.73. The Bertz CT molecular complexity index is 1150. The summed E-state index contributed by atoms with van der Waals surface area (Å²) in [5.41, 5.74) is -9.72. The topological polar surface area (TPSA) is 92.5 Å². The second-order valence-electron chi connectivity index (χ2n) is 7.24. The normalized spacial score (nSPS) is 14.3. The van der Waals surface area contributed by atoms with E-state index in [0.29, 0.717) is 0 Å². The van der Waals surface area contributed by atoms with Crippen molar-refractivity contribution in [2.45, 2.75) is 36.0 Å². The van der Waals surface area contributed by atoms with Crippen LogP contribution in [0.4, 0.5) is 72.8 Å². The van der Waals surface area contributed by atoms with E-state index in [0.717, 1.165) is 0 Å². The third-order valence-corrected chi connectivity index (χ3v) is 4.99. The van der Waals surface area contributed by atoms with Gasteiger partial charge in [0.2, 0.25) is 5.41 Å². The molecular formula is C18H10F14N2O2. The summed E-state index contributed by atoms with van der Waals surface area (Å²) in [5, 5.41) is 19.0. The van der Waals surface area contributed by atoms with Gasteiger partial charge in [-0.2, -0.15) is 61.5 Å². The van der Waals surface area contributed by atoms with E-state index in [9.17, 15) is 71.7 Å². The smallest absolute Gasteiger partial charge is 0.458 e. The minimum atomic E-state index is -6.80. The average Bonchev–Trinajstić information content (AvgIpc) is 2.63. The number of hydrogen-bond donors (Lipinski definition) is 4. The zero-order valence-corrected chi connectivity index (χ0v) is 16.7. The van der Waals surface area contributed by atoms with E-state index in [-0.39, 0.29) is 0 Å². The molecule has 202 valence electrons. The first-order valence-electron chi connectivity index (χ1n) is 8.73. The van der Waals surface area contributed by atoms with Gasteiger partial charge in [0.05, 0.1) is 22.5 Å². The molecule has 6 N–H and O–H groups in total. The van der Waals surface area contributed by atoms with E-state index in [4.69, 9.17) is 11.5 Å². The molecule has 2 aromatic carbocycles. The summed E-state index contributed by atoms with van der Waals surface area (Å²) in [4.78, 5) is 0.